The Morgan fingerprint density at radius 3 is 2.00 bits per heavy atom. The van der Waals surface area contributed by atoms with Crippen molar-refractivity contribution in [1.82, 2.24) is 10.9 Å². The van der Waals surface area contributed by atoms with Gasteiger partial charge in [-0.1, -0.05) is 69.6 Å². The molecule has 0 bridgehead atoms. The minimum atomic E-state index is -0.350. The first kappa shape index (κ1) is 27.3. The molecule has 0 heterocycles. The van der Waals surface area contributed by atoms with E-state index in [2.05, 4.69) is 80.5 Å². The fourth-order valence-electron chi connectivity index (χ4n) is 3.36. The number of carbonyl (C=O) groups is 2. The molecule has 3 N–H and O–H groups in total. The van der Waals surface area contributed by atoms with Crippen LogP contribution in [0.2, 0.25) is 0 Å². The van der Waals surface area contributed by atoms with Crippen LogP contribution in [0, 0.1) is 0 Å². The molecule has 5 nitrogen and oxygen atoms in total. The maximum atomic E-state index is 12.0. The summed E-state index contributed by atoms with van der Waals surface area (Å²) in [6.45, 7) is 12.7. The molecule has 0 atom stereocenters. The number of hydrogen-bond acceptors (Lipinski definition) is 4. The van der Waals surface area contributed by atoms with Crippen LogP contribution in [0.15, 0.2) is 40.9 Å². The summed E-state index contributed by atoms with van der Waals surface area (Å²) in [7, 11) is 0. The van der Waals surface area contributed by atoms with Crippen molar-refractivity contribution in [2.24, 2.45) is 0 Å². The number of thioether (sulfide) groups is 1. The van der Waals surface area contributed by atoms with E-state index in [4.69, 9.17) is 0 Å². The van der Waals surface area contributed by atoms with Crippen LogP contribution >= 0.6 is 27.7 Å². The highest BCUT2D eigenvalue weighted by molar-refractivity contribution is 9.10. The number of halogens is 1. The van der Waals surface area contributed by atoms with Crippen molar-refractivity contribution in [2.75, 3.05) is 11.5 Å². The number of amides is 2. The first-order valence-corrected chi connectivity index (χ1v) is 13.0. The molecule has 0 aliphatic heterocycles. The van der Waals surface area contributed by atoms with Crippen molar-refractivity contribution in [3.63, 3.8) is 0 Å². The molecule has 0 aliphatic carbocycles. The molecule has 2 aromatic rings. The van der Waals surface area contributed by atoms with Gasteiger partial charge in [-0.3, -0.25) is 20.4 Å². The summed E-state index contributed by atoms with van der Waals surface area (Å²) in [5.74, 6) is 0.911. The number of aromatic hydroxyl groups is 1. The molecule has 0 fully saturated rings. The first-order valence-electron chi connectivity index (χ1n) is 11.1. The lowest BCUT2D eigenvalue weighted by atomic mass is 9.78. The Morgan fingerprint density at radius 2 is 1.48 bits per heavy atom. The molecule has 0 unspecified atom stereocenters. The first-order chi connectivity index (χ1) is 15.3. The maximum Gasteiger partial charge on any atom is 0.269 e. The fourth-order valence-corrected chi connectivity index (χ4v) is 4.38. The topological polar surface area (TPSA) is 78.4 Å². The van der Waals surface area contributed by atoms with Gasteiger partial charge in [-0.15, -0.1) is 0 Å². The number of aryl methyl sites for hydroxylation is 1. The van der Waals surface area contributed by atoms with Crippen LogP contribution in [0.1, 0.15) is 75.0 Å². The lowest BCUT2D eigenvalue weighted by Crippen LogP contribution is -2.42. The zero-order valence-electron chi connectivity index (χ0n) is 20.3. The Balaban J connectivity index is 1.83. The van der Waals surface area contributed by atoms with Crippen LogP contribution < -0.4 is 10.9 Å². The summed E-state index contributed by atoms with van der Waals surface area (Å²) >= 11 is 4.86. The van der Waals surface area contributed by atoms with Gasteiger partial charge >= 0.3 is 0 Å². The molecule has 0 radical (unpaired) electrons. The highest BCUT2D eigenvalue weighted by Gasteiger charge is 2.26. The Bertz CT molecular complexity index is 942. The highest BCUT2D eigenvalue weighted by atomic mass is 79.9. The molecule has 0 saturated carbocycles. The highest BCUT2D eigenvalue weighted by Crippen LogP contribution is 2.40. The van der Waals surface area contributed by atoms with Gasteiger partial charge in [0.1, 0.15) is 5.75 Å². The second-order valence-electron chi connectivity index (χ2n) is 10.2. The molecule has 2 amide bonds. The van der Waals surface area contributed by atoms with Gasteiger partial charge in [0.15, 0.2) is 0 Å². The zero-order valence-corrected chi connectivity index (χ0v) is 22.7. The largest absolute Gasteiger partial charge is 0.507 e. The average Bonchev–Trinajstić information content (AvgIpc) is 2.71. The Kier molecular flexibility index (Phi) is 9.44. The van der Waals surface area contributed by atoms with E-state index in [1.165, 1.54) is 17.3 Å². The van der Waals surface area contributed by atoms with Gasteiger partial charge in [0.05, 0.1) is 5.75 Å². The minimum absolute atomic E-state index is 0.145. The minimum Gasteiger partial charge on any atom is -0.507 e. The third-order valence-corrected chi connectivity index (χ3v) is 6.77. The molecular weight excluding hydrogens is 500 g/mol. The van der Waals surface area contributed by atoms with Crippen molar-refractivity contribution < 1.29 is 14.7 Å². The number of hydrazine groups is 1. The van der Waals surface area contributed by atoms with Crippen LogP contribution in [0.25, 0.3) is 0 Å². The van der Waals surface area contributed by atoms with Gasteiger partial charge in [0.2, 0.25) is 5.91 Å². The Labute approximate surface area is 210 Å². The van der Waals surface area contributed by atoms with Gasteiger partial charge in [0, 0.05) is 10.0 Å². The molecule has 33 heavy (non-hydrogen) atoms. The normalized spacial score (nSPS) is 11.8. The average molecular weight is 536 g/mol. The van der Waals surface area contributed by atoms with Crippen molar-refractivity contribution in [3.8, 4) is 5.75 Å². The maximum absolute atomic E-state index is 12.0. The number of phenols is 1. The lowest BCUT2D eigenvalue weighted by molar-refractivity contribution is -0.119. The van der Waals surface area contributed by atoms with Crippen LogP contribution in [0.5, 0.6) is 5.75 Å². The van der Waals surface area contributed by atoms with Crippen molar-refractivity contribution in [3.05, 3.63) is 63.1 Å². The molecule has 180 valence electrons. The van der Waals surface area contributed by atoms with E-state index in [1.54, 1.807) is 24.3 Å². The second-order valence-corrected chi connectivity index (χ2v) is 12.2. The predicted molar refractivity (Wildman–Crippen MR) is 141 cm³/mol. The van der Waals surface area contributed by atoms with Gasteiger partial charge < -0.3 is 5.11 Å². The second kappa shape index (κ2) is 11.4. The number of benzene rings is 2. The molecule has 0 spiro atoms. The molecule has 0 aromatic heterocycles. The van der Waals surface area contributed by atoms with E-state index in [0.29, 0.717) is 11.3 Å². The van der Waals surface area contributed by atoms with Crippen molar-refractivity contribution >= 4 is 39.5 Å². The number of phenolic OH excluding ortho intramolecular Hbond substituents is 1. The van der Waals surface area contributed by atoms with E-state index >= 15 is 0 Å². The molecule has 2 rings (SSSR count). The Morgan fingerprint density at radius 1 is 0.939 bits per heavy atom. The summed E-state index contributed by atoms with van der Waals surface area (Å²) in [6, 6.07) is 11.1. The zero-order chi connectivity index (χ0) is 24.8. The summed E-state index contributed by atoms with van der Waals surface area (Å²) < 4.78 is 0.885. The quantitative estimate of drug-likeness (QED) is 0.306. The third-order valence-electron chi connectivity index (χ3n) is 5.19. The SMILES string of the molecule is CC(C)(C)c1cc(CCCSCC(=O)NNC(=O)c2ccc(Br)cc2)cc(C(C)(C)C)c1O. The predicted octanol–water partition coefficient (Wildman–Crippen LogP) is 5.88. The summed E-state index contributed by atoms with van der Waals surface area (Å²) in [5, 5.41) is 10.8. The van der Waals surface area contributed by atoms with Crippen LogP contribution in [0.3, 0.4) is 0 Å². The van der Waals surface area contributed by atoms with Gasteiger partial charge in [-0.25, -0.2) is 0 Å². The number of rotatable bonds is 7. The van der Waals surface area contributed by atoms with E-state index in [-0.39, 0.29) is 28.4 Å². The van der Waals surface area contributed by atoms with E-state index < -0.39 is 0 Å². The Hall–Kier alpha value is -1.99. The third kappa shape index (κ3) is 8.38. The molecule has 7 heteroatoms. The molecule has 0 aliphatic rings. The summed E-state index contributed by atoms with van der Waals surface area (Å²) in [5.41, 5.74) is 8.23. The smallest absolute Gasteiger partial charge is 0.269 e. The van der Waals surface area contributed by atoms with Gasteiger partial charge in [-0.05, 0) is 70.4 Å². The van der Waals surface area contributed by atoms with Crippen LogP contribution in [-0.4, -0.2) is 28.4 Å². The number of hydrogen-bond donors (Lipinski definition) is 3. The number of nitrogens with one attached hydrogen (secondary N) is 2. The van der Waals surface area contributed by atoms with Gasteiger partial charge in [0.25, 0.3) is 5.91 Å². The summed E-state index contributed by atoms with van der Waals surface area (Å²) in [4.78, 5) is 24.1. The molecule has 0 saturated heterocycles. The number of carbonyl (C=O) groups excluding carboxylic acids is 2. The fraction of sp³-hybridized carbons (Fsp3) is 0.462. The molecule has 2 aromatic carbocycles. The van der Waals surface area contributed by atoms with E-state index in [1.807, 2.05) is 0 Å². The van der Waals surface area contributed by atoms with Crippen molar-refractivity contribution in [1.29, 1.82) is 0 Å². The van der Waals surface area contributed by atoms with E-state index in [0.717, 1.165) is 34.2 Å². The van der Waals surface area contributed by atoms with Crippen molar-refractivity contribution in [2.45, 2.75) is 65.2 Å². The summed E-state index contributed by atoms with van der Waals surface area (Å²) in [6.07, 6.45) is 1.79. The van der Waals surface area contributed by atoms with Gasteiger partial charge in [-0.2, -0.15) is 11.8 Å². The molecular formula is C26H35BrN2O3S. The van der Waals surface area contributed by atoms with E-state index in [9.17, 15) is 14.7 Å². The van der Waals surface area contributed by atoms with Crippen LogP contribution in [0.4, 0.5) is 0 Å². The monoisotopic (exact) mass is 534 g/mol. The van der Waals surface area contributed by atoms with Crippen LogP contribution in [-0.2, 0) is 22.0 Å². The standard InChI is InChI=1S/C26H35BrN2O3S/c1-25(2,3)20-14-17(15-21(23(20)31)26(4,5)6)8-7-13-33-16-22(30)28-29-24(32)18-9-11-19(27)12-10-18/h9-12,14-15,31H,7-8,13,16H2,1-6H3,(H,28,30)(H,29,32). The lowest BCUT2D eigenvalue weighted by Gasteiger charge is -2.28.